The van der Waals surface area contributed by atoms with Gasteiger partial charge in [-0.1, -0.05) is 98.8 Å². The average molecular weight is 741 g/mol. The molecule has 2 heterocycles. The van der Waals surface area contributed by atoms with E-state index in [1.165, 1.54) is 42.8 Å². The van der Waals surface area contributed by atoms with Gasteiger partial charge >= 0.3 is 7.82 Å². The van der Waals surface area contributed by atoms with E-state index < -0.39 is 7.82 Å². The SMILES string of the molecule is O=C(Cc1cn(CCCn2ccc3cc(Cl)ccc32)c2ccccc12)NCCCCCCCCCCCCOP(=O)(O)Oc1cccc(Cl)c1. The van der Waals surface area contributed by atoms with Crippen LogP contribution in [-0.4, -0.2) is 33.1 Å². The molecule has 3 aromatic carbocycles. The third-order valence-corrected chi connectivity index (χ3v) is 10.3. The summed E-state index contributed by atoms with van der Waals surface area (Å²) in [7, 11) is -4.15. The van der Waals surface area contributed by atoms with Crippen LogP contribution in [0.25, 0.3) is 21.8 Å². The van der Waals surface area contributed by atoms with Crippen molar-refractivity contribution in [3.63, 3.8) is 0 Å². The van der Waals surface area contributed by atoms with Crippen molar-refractivity contribution in [3.05, 3.63) is 101 Å². The maximum Gasteiger partial charge on any atom is 0.527 e. The first kappa shape index (κ1) is 38.0. The molecule has 1 atom stereocenters. The van der Waals surface area contributed by atoms with Crippen molar-refractivity contribution in [1.29, 1.82) is 0 Å². The summed E-state index contributed by atoms with van der Waals surface area (Å²) >= 11 is 12.0. The largest absolute Gasteiger partial charge is 0.527 e. The molecular formula is C39H48Cl2N3O5P. The molecule has 5 aromatic rings. The number of phosphoric acid groups is 1. The van der Waals surface area contributed by atoms with Crippen molar-refractivity contribution < 1.29 is 23.3 Å². The highest BCUT2D eigenvalue weighted by Gasteiger charge is 2.22. The monoisotopic (exact) mass is 739 g/mol. The number of nitrogens with zero attached hydrogens (tertiary/aromatic N) is 2. The molecule has 2 N–H and O–H groups in total. The van der Waals surface area contributed by atoms with Crippen molar-refractivity contribution in [1.82, 2.24) is 14.5 Å². The van der Waals surface area contributed by atoms with Crippen LogP contribution in [0.5, 0.6) is 5.75 Å². The quantitative estimate of drug-likeness (QED) is 0.0544. The first-order valence-electron chi connectivity index (χ1n) is 17.8. The number of nitrogens with one attached hydrogen (secondary N) is 1. The molecule has 268 valence electrons. The molecule has 0 aliphatic heterocycles. The van der Waals surface area contributed by atoms with Crippen LogP contribution in [-0.2, 0) is 33.4 Å². The normalized spacial score (nSPS) is 12.8. The lowest BCUT2D eigenvalue weighted by molar-refractivity contribution is -0.120. The van der Waals surface area contributed by atoms with Crippen LogP contribution >= 0.6 is 31.0 Å². The number of unbranched alkanes of at least 4 members (excludes halogenated alkanes) is 9. The summed E-state index contributed by atoms with van der Waals surface area (Å²) in [5.41, 5.74) is 3.43. The summed E-state index contributed by atoms with van der Waals surface area (Å²) in [6, 6.07) is 22.8. The predicted octanol–water partition coefficient (Wildman–Crippen LogP) is 10.7. The van der Waals surface area contributed by atoms with Gasteiger partial charge in [-0.3, -0.25) is 14.2 Å². The van der Waals surface area contributed by atoms with Gasteiger partial charge in [-0.2, -0.15) is 0 Å². The number of phosphoric ester groups is 1. The first-order chi connectivity index (χ1) is 24.3. The number of benzene rings is 3. The highest BCUT2D eigenvalue weighted by molar-refractivity contribution is 7.47. The van der Waals surface area contributed by atoms with Crippen molar-refractivity contribution in [3.8, 4) is 5.75 Å². The molecular weight excluding hydrogens is 692 g/mol. The minimum Gasteiger partial charge on any atom is -0.404 e. The molecule has 1 unspecified atom stereocenters. The summed E-state index contributed by atoms with van der Waals surface area (Å²) in [5.74, 6) is 0.285. The van der Waals surface area contributed by atoms with E-state index >= 15 is 0 Å². The Labute approximate surface area is 305 Å². The zero-order chi connectivity index (χ0) is 35.2. The van der Waals surface area contributed by atoms with E-state index in [1.807, 2.05) is 18.2 Å². The van der Waals surface area contributed by atoms with E-state index in [-0.39, 0.29) is 18.3 Å². The van der Waals surface area contributed by atoms with Crippen molar-refractivity contribution in [2.45, 2.75) is 90.1 Å². The summed E-state index contributed by atoms with van der Waals surface area (Å²) < 4.78 is 26.8. The number of rotatable bonds is 22. The molecule has 0 saturated carbocycles. The summed E-state index contributed by atoms with van der Waals surface area (Å²) in [6.45, 7) is 2.67. The second-order valence-electron chi connectivity index (χ2n) is 12.8. The fraction of sp³-hybridized carbons (Fsp3) is 0.410. The molecule has 1 amide bonds. The molecule has 11 heteroatoms. The van der Waals surface area contributed by atoms with E-state index in [0.717, 1.165) is 73.0 Å². The van der Waals surface area contributed by atoms with Crippen LogP contribution in [0.4, 0.5) is 0 Å². The Hall–Kier alpha value is -3.26. The van der Waals surface area contributed by atoms with Crippen LogP contribution < -0.4 is 9.84 Å². The van der Waals surface area contributed by atoms with Crippen LogP contribution in [0.3, 0.4) is 0 Å². The van der Waals surface area contributed by atoms with Crippen LogP contribution in [0.1, 0.15) is 76.2 Å². The molecule has 2 aromatic heterocycles. The van der Waals surface area contributed by atoms with E-state index in [1.54, 1.807) is 18.2 Å². The van der Waals surface area contributed by atoms with Gasteiger partial charge in [0.15, 0.2) is 0 Å². The minimum atomic E-state index is -4.15. The Morgan fingerprint density at radius 1 is 0.740 bits per heavy atom. The van der Waals surface area contributed by atoms with Gasteiger partial charge in [-0.15, -0.1) is 0 Å². The van der Waals surface area contributed by atoms with Gasteiger partial charge in [-0.25, -0.2) is 4.57 Å². The topological polar surface area (TPSA) is 94.7 Å². The van der Waals surface area contributed by atoms with Gasteiger partial charge in [0, 0.05) is 63.9 Å². The predicted molar refractivity (Wildman–Crippen MR) is 204 cm³/mol. The van der Waals surface area contributed by atoms with Crippen LogP contribution in [0.15, 0.2) is 85.2 Å². The number of hydrogen-bond acceptors (Lipinski definition) is 4. The van der Waals surface area contributed by atoms with E-state index in [4.69, 9.17) is 32.2 Å². The molecule has 0 aliphatic carbocycles. The third kappa shape index (κ3) is 11.9. The molecule has 0 fully saturated rings. The Bertz CT molecular complexity index is 1870. The van der Waals surface area contributed by atoms with Gasteiger partial charge in [0.05, 0.1) is 13.0 Å². The van der Waals surface area contributed by atoms with Crippen molar-refractivity contribution in [2.24, 2.45) is 0 Å². The van der Waals surface area contributed by atoms with Crippen molar-refractivity contribution in [2.75, 3.05) is 13.2 Å². The second-order valence-corrected chi connectivity index (χ2v) is 15.1. The van der Waals surface area contributed by atoms with Gasteiger partial charge in [0.1, 0.15) is 5.75 Å². The van der Waals surface area contributed by atoms with E-state index in [0.29, 0.717) is 24.4 Å². The number of hydrogen-bond donors (Lipinski definition) is 2. The fourth-order valence-corrected chi connectivity index (χ4v) is 7.55. The lowest BCUT2D eigenvalue weighted by Crippen LogP contribution is -2.26. The molecule has 50 heavy (non-hydrogen) atoms. The lowest BCUT2D eigenvalue weighted by Gasteiger charge is -2.13. The van der Waals surface area contributed by atoms with Gasteiger partial charge < -0.3 is 19.0 Å². The molecule has 5 rings (SSSR count). The number of aryl methyl sites for hydroxylation is 2. The van der Waals surface area contributed by atoms with Crippen LogP contribution in [0, 0.1) is 0 Å². The fourth-order valence-electron chi connectivity index (χ4n) is 6.39. The van der Waals surface area contributed by atoms with E-state index in [2.05, 4.69) is 57.2 Å². The maximum atomic E-state index is 12.8. The van der Waals surface area contributed by atoms with Gasteiger partial charge in [0.25, 0.3) is 0 Å². The number of para-hydroxylation sites is 1. The lowest BCUT2D eigenvalue weighted by atomic mass is 10.1. The Morgan fingerprint density at radius 3 is 2.22 bits per heavy atom. The molecule has 0 radical (unpaired) electrons. The highest BCUT2D eigenvalue weighted by atomic mass is 35.5. The smallest absolute Gasteiger partial charge is 0.404 e. The molecule has 0 saturated heterocycles. The van der Waals surface area contributed by atoms with E-state index in [9.17, 15) is 14.3 Å². The second kappa shape index (κ2) is 19.4. The zero-order valence-corrected chi connectivity index (χ0v) is 31.0. The number of halogens is 2. The van der Waals surface area contributed by atoms with Crippen molar-refractivity contribution >= 4 is 58.7 Å². The summed E-state index contributed by atoms with van der Waals surface area (Å²) in [6.07, 6.45) is 16.3. The molecule has 0 spiro atoms. The standard InChI is InChI=1S/C39H48Cl2N3O5P/c40-33-15-13-16-35(29-33)49-50(46,47)48-26-12-8-6-4-2-1-3-5-7-11-22-42-39(45)28-32-30-44(38-18-10-9-17-36(32)38)24-14-23-43-25-21-31-27-34(41)19-20-37(31)43/h9-10,13,15-21,25,27,29-30H,1-8,11-12,14,22-24,26,28H2,(H,42,45)(H,46,47). The van der Waals surface area contributed by atoms with Gasteiger partial charge in [-0.05, 0) is 73.4 Å². The number of carbonyl (C=O) groups is 1. The number of carbonyl (C=O) groups excluding carboxylic acids is 1. The molecule has 0 bridgehead atoms. The number of aromatic nitrogens is 2. The summed E-state index contributed by atoms with van der Waals surface area (Å²) in [5, 5.41) is 6.61. The molecule has 8 nitrogen and oxygen atoms in total. The first-order valence-corrected chi connectivity index (χ1v) is 20.0. The summed E-state index contributed by atoms with van der Waals surface area (Å²) in [4.78, 5) is 22.7. The zero-order valence-electron chi connectivity index (χ0n) is 28.6. The molecule has 0 aliphatic rings. The Morgan fingerprint density at radius 2 is 1.44 bits per heavy atom. The maximum absolute atomic E-state index is 12.8. The average Bonchev–Trinajstić information content (AvgIpc) is 3.65. The highest BCUT2D eigenvalue weighted by Crippen LogP contribution is 2.44. The Kier molecular flexibility index (Phi) is 14.7. The number of amides is 1. The number of fused-ring (bicyclic) bond motifs is 2. The third-order valence-electron chi connectivity index (χ3n) is 8.92. The Balaban J connectivity index is 0.891. The van der Waals surface area contributed by atoms with Crippen LogP contribution in [0.2, 0.25) is 10.0 Å². The minimum absolute atomic E-state index is 0.0752. The van der Waals surface area contributed by atoms with Gasteiger partial charge in [0.2, 0.25) is 5.91 Å².